The maximum Gasteiger partial charge on any atom is 0.241 e. The van der Waals surface area contributed by atoms with Crippen molar-refractivity contribution in [3.8, 4) is 11.3 Å². The van der Waals surface area contributed by atoms with Gasteiger partial charge < -0.3 is 5.32 Å². The number of rotatable bonds is 5. The third kappa shape index (κ3) is 3.26. The van der Waals surface area contributed by atoms with Gasteiger partial charge in [0.2, 0.25) is 5.91 Å². The summed E-state index contributed by atoms with van der Waals surface area (Å²) in [6.45, 7) is 2.76. The molecule has 0 spiro atoms. The Bertz CT molecular complexity index is 1120. The van der Waals surface area contributed by atoms with Crippen molar-refractivity contribution in [2.75, 3.05) is 6.54 Å². The van der Waals surface area contributed by atoms with Crippen molar-refractivity contribution in [3.05, 3.63) is 60.5 Å². The van der Waals surface area contributed by atoms with Gasteiger partial charge in [-0.1, -0.05) is 25.1 Å². The van der Waals surface area contributed by atoms with Crippen LogP contribution in [-0.4, -0.2) is 27.2 Å². The van der Waals surface area contributed by atoms with Crippen LogP contribution in [0.4, 0.5) is 4.39 Å². The van der Waals surface area contributed by atoms with Crippen molar-refractivity contribution in [3.63, 3.8) is 0 Å². The molecule has 2 aromatic carbocycles. The number of fused-ring (bicyclic) bond motifs is 3. The van der Waals surface area contributed by atoms with Crippen LogP contribution in [0.5, 0.6) is 0 Å². The minimum atomic E-state index is -0.301. The molecule has 0 aliphatic carbocycles. The Hall–Kier alpha value is -3.28. The molecule has 1 N–H and O–H groups in total. The molecular weight excluding hydrogens is 343 g/mol. The molecule has 4 aromatic rings. The number of benzene rings is 2. The van der Waals surface area contributed by atoms with Gasteiger partial charge >= 0.3 is 0 Å². The Labute approximate surface area is 155 Å². The highest BCUT2D eigenvalue weighted by atomic mass is 19.1. The summed E-state index contributed by atoms with van der Waals surface area (Å²) >= 11 is 0. The molecule has 0 bridgehead atoms. The number of para-hydroxylation sites is 1. The zero-order valence-corrected chi connectivity index (χ0v) is 14.9. The van der Waals surface area contributed by atoms with Crippen LogP contribution in [0.1, 0.15) is 13.3 Å². The van der Waals surface area contributed by atoms with E-state index in [-0.39, 0.29) is 18.3 Å². The van der Waals surface area contributed by atoms with Crippen molar-refractivity contribution >= 4 is 27.7 Å². The first-order valence-electron chi connectivity index (χ1n) is 8.94. The molecule has 0 radical (unpaired) electrons. The number of halogens is 1. The molecule has 4 rings (SSSR count). The van der Waals surface area contributed by atoms with Gasteiger partial charge in [-0.25, -0.2) is 4.39 Å². The van der Waals surface area contributed by atoms with Gasteiger partial charge in [0, 0.05) is 29.1 Å². The first-order chi connectivity index (χ1) is 13.2. The summed E-state index contributed by atoms with van der Waals surface area (Å²) < 4.78 is 15.0. The average Bonchev–Trinajstić information content (AvgIpc) is 3.06. The average molecular weight is 362 g/mol. The second kappa shape index (κ2) is 7.15. The molecule has 6 heteroatoms. The number of hydrogen-bond acceptors (Lipinski definition) is 3. The lowest BCUT2D eigenvalue weighted by molar-refractivity contribution is -0.121. The summed E-state index contributed by atoms with van der Waals surface area (Å²) in [6.07, 6.45) is 2.64. The molecule has 2 aromatic heterocycles. The fourth-order valence-corrected chi connectivity index (χ4v) is 3.19. The van der Waals surface area contributed by atoms with E-state index >= 15 is 0 Å². The molecule has 0 saturated heterocycles. The number of pyridine rings is 1. The van der Waals surface area contributed by atoms with E-state index in [0.29, 0.717) is 12.2 Å². The van der Waals surface area contributed by atoms with Crippen LogP contribution < -0.4 is 5.32 Å². The summed E-state index contributed by atoms with van der Waals surface area (Å²) in [5, 5.41) is 9.33. The van der Waals surface area contributed by atoms with Gasteiger partial charge in [-0.05, 0) is 36.8 Å². The van der Waals surface area contributed by atoms with E-state index in [1.807, 2.05) is 31.2 Å². The van der Waals surface area contributed by atoms with Gasteiger partial charge in [0.25, 0.3) is 0 Å². The van der Waals surface area contributed by atoms with Gasteiger partial charge in [0.05, 0.1) is 11.0 Å². The third-order valence-electron chi connectivity index (χ3n) is 4.46. The van der Waals surface area contributed by atoms with E-state index in [9.17, 15) is 9.18 Å². The fourth-order valence-electron chi connectivity index (χ4n) is 3.19. The van der Waals surface area contributed by atoms with Crippen LogP contribution in [0.15, 0.2) is 54.7 Å². The standard InChI is InChI=1S/C21H19FN4O/c1-2-11-23-19(27)13-26-21-16-5-3-4-6-18(16)24-12-17(21)20(25-26)14-7-9-15(22)10-8-14/h3-10,12H,2,11,13H2,1H3,(H,23,27). The summed E-state index contributed by atoms with van der Waals surface area (Å²) in [4.78, 5) is 16.8. The highest BCUT2D eigenvalue weighted by Gasteiger charge is 2.17. The predicted molar refractivity (Wildman–Crippen MR) is 104 cm³/mol. The Balaban J connectivity index is 1.90. The van der Waals surface area contributed by atoms with Gasteiger partial charge in [-0.15, -0.1) is 0 Å². The minimum absolute atomic E-state index is 0.0900. The van der Waals surface area contributed by atoms with Crippen LogP contribution in [-0.2, 0) is 11.3 Å². The molecular formula is C21H19FN4O. The number of amides is 1. The monoisotopic (exact) mass is 362 g/mol. The van der Waals surface area contributed by atoms with Crippen molar-refractivity contribution in [2.24, 2.45) is 0 Å². The Morgan fingerprint density at radius 3 is 2.67 bits per heavy atom. The molecule has 27 heavy (non-hydrogen) atoms. The minimum Gasteiger partial charge on any atom is -0.355 e. The molecule has 0 aliphatic heterocycles. The smallest absolute Gasteiger partial charge is 0.241 e. The quantitative estimate of drug-likeness (QED) is 0.585. The van der Waals surface area contributed by atoms with Crippen molar-refractivity contribution in [1.29, 1.82) is 0 Å². The van der Waals surface area contributed by atoms with E-state index in [2.05, 4.69) is 15.4 Å². The lowest BCUT2D eigenvalue weighted by Gasteiger charge is -2.06. The van der Waals surface area contributed by atoms with E-state index in [1.165, 1.54) is 12.1 Å². The predicted octanol–water partition coefficient (Wildman–Crippen LogP) is 3.92. The second-order valence-electron chi connectivity index (χ2n) is 6.40. The SMILES string of the molecule is CCCNC(=O)Cn1nc(-c2ccc(F)cc2)c2cnc3ccccc3c21. The molecule has 1 amide bonds. The van der Waals surface area contributed by atoms with Crippen LogP contribution in [0.25, 0.3) is 33.1 Å². The van der Waals surface area contributed by atoms with E-state index in [0.717, 1.165) is 33.8 Å². The lowest BCUT2D eigenvalue weighted by atomic mass is 10.1. The fraction of sp³-hybridized carbons (Fsp3) is 0.190. The maximum absolute atomic E-state index is 13.3. The molecule has 0 atom stereocenters. The molecule has 0 unspecified atom stereocenters. The van der Waals surface area contributed by atoms with Gasteiger partial charge in [-0.3, -0.25) is 14.5 Å². The van der Waals surface area contributed by atoms with Crippen LogP contribution in [0.2, 0.25) is 0 Å². The lowest BCUT2D eigenvalue weighted by Crippen LogP contribution is -2.28. The Morgan fingerprint density at radius 2 is 1.89 bits per heavy atom. The summed E-state index contributed by atoms with van der Waals surface area (Å²) in [6, 6.07) is 14.0. The van der Waals surface area contributed by atoms with E-state index in [4.69, 9.17) is 0 Å². The second-order valence-corrected chi connectivity index (χ2v) is 6.40. The molecule has 0 aliphatic rings. The van der Waals surface area contributed by atoms with E-state index < -0.39 is 0 Å². The highest BCUT2D eigenvalue weighted by Crippen LogP contribution is 2.31. The molecule has 0 fully saturated rings. The van der Waals surface area contributed by atoms with Crippen molar-refractivity contribution < 1.29 is 9.18 Å². The van der Waals surface area contributed by atoms with Crippen LogP contribution in [0, 0.1) is 5.82 Å². The third-order valence-corrected chi connectivity index (χ3v) is 4.46. The number of nitrogens with one attached hydrogen (secondary N) is 1. The number of carbonyl (C=O) groups excluding carboxylic acids is 1. The normalized spacial score (nSPS) is 11.2. The van der Waals surface area contributed by atoms with Crippen LogP contribution in [0.3, 0.4) is 0 Å². The Morgan fingerprint density at radius 1 is 1.11 bits per heavy atom. The van der Waals surface area contributed by atoms with E-state index in [1.54, 1.807) is 23.0 Å². The first-order valence-corrected chi connectivity index (χ1v) is 8.94. The number of aromatic nitrogens is 3. The zero-order chi connectivity index (χ0) is 18.8. The summed E-state index contributed by atoms with van der Waals surface area (Å²) in [5.41, 5.74) is 3.16. The molecule has 136 valence electrons. The van der Waals surface area contributed by atoms with Gasteiger partial charge in [0.15, 0.2) is 0 Å². The number of hydrogen-bond donors (Lipinski definition) is 1. The molecule has 2 heterocycles. The van der Waals surface area contributed by atoms with Crippen LogP contribution >= 0.6 is 0 Å². The van der Waals surface area contributed by atoms with Crippen molar-refractivity contribution in [2.45, 2.75) is 19.9 Å². The summed E-state index contributed by atoms with van der Waals surface area (Å²) in [7, 11) is 0. The topological polar surface area (TPSA) is 59.8 Å². The molecule has 0 saturated carbocycles. The maximum atomic E-state index is 13.3. The number of carbonyl (C=O) groups is 1. The first kappa shape index (κ1) is 17.1. The summed E-state index contributed by atoms with van der Waals surface area (Å²) in [5.74, 6) is -0.391. The van der Waals surface area contributed by atoms with Crippen molar-refractivity contribution in [1.82, 2.24) is 20.1 Å². The highest BCUT2D eigenvalue weighted by molar-refractivity contribution is 6.08. The van der Waals surface area contributed by atoms with Gasteiger partial charge in [-0.2, -0.15) is 5.10 Å². The van der Waals surface area contributed by atoms with Gasteiger partial charge in [0.1, 0.15) is 18.1 Å². The molecule has 5 nitrogen and oxygen atoms in total. The largest absolute Gasteiger partial charge is 0.355 e. The zero-order valence-electron chi connectivity index (χ0n) is 14.9. The Kier molecular flexibility index (Phi) is 4.54. The number of nitrogens with zero attached hydrogens (tertiary/aromatic N) is 3.